The van der Waals surface area contributed by atoms with Gasteiger partial charge in [-0.05, 0) is 50.0 Å². The molecule has 138 valence electrons. The molecule has 0 radical (unpaired) electrons. The van der Waals surface area contributed by atoms with Gasteiger partial charge in [0.05, 0.1) is 5.92 Å². The van der Waals surface area contributed by atoms with E-state index in [0.717, 1.165) is 24.2 Å². The lowest BCUT2D eigenvalue weighted by molar-refractivity contribution is -0.142. The van der Waals surface area contributed by atoms with Gasteiger partial charge in [-0.2, -0.15) is 4.31 Å². The molecule has 1 aliphatic heterocycles. The largest absolute Gasteiger partial charge is 0.481 e. The van der Waals surface area contributed by atoms with Crippen LogP contribution in [0.5, 0.6) is 0 Å². The third-order valence-electron chi connectivity index (χ3n) is 4.93. The van der Waals surface area contributed by atoms with Crippen molar-refractivity contribution in [3.8, 4) is 0 Å². The molecule has 2 N–H and O–H groups in total. The number of carbonyl (C=O) groups excluding carboxylic acids is 1. The maximum Gasteiger partial charge on any atom is 0.306 e. The Balaban J connectivity index is 1.68. The van der Waals surface area contributed by atoms with Gasteiger partial charge < -0.3 is 10.4 Å². The van der Waals surface area contributed by atoms with Crippen molar-refractivity contribution in [3.63, 3.8) is 0 Å². The fourth-order valence-corrected chi connectivity index (χ4v) is 6.29. The summed E-state index contributed by atoms with van der Waals surface area (Å²) in [7, 11) is -3.63. The Morgan fingerprint density at radius 1 is 1.16 bits per heavy atom. The van der Waals surface area contributed by atoms with Crippen LogP contribution in [0.3, 0.4) is 0 Å². The minimum absolute atomic E-state index is 0.0797. The first-order chi connectivity index (χ1) is 11.9. The van der Waals surface area contributed by atoms with Crippen molar-refractivity contribution in [1.82, 2.24) is 9.62 Å². The van der Waals surface area contributed by atoms with Crippen molar-refractivity contribution >= 4 is 33.2 Å². The average Bonchev–Trinajstić information content (AvgIpc) is 3.27. The number of carboxylic acid groups (broad SMARTS) is 1. The molecule has 0 atom stereocenters. The number of sulfonamides is 1. The lowest BCUT2D eigenvalue weighted by Crippen LogP contribution is -2.39. The summed E-state index contributed by atoms with van der Waals surface area (Å²) in [5.74, 6) is -1.52. The predicted molar refractivity (Wildman–Crippen MR) is 93.2 cm³/mol. The molecule has 0 unspecified atom stereocenters. The van der Waals surface area contributed by atoms with E-state index < -0.39 is 16.0 Å². The smallest absolute Gasteiger partial charge is 0.306 e. The van der Waals surface area contributed by atoms with Crippen LogP contribution in [0.4, 0.5) is 0 Å². The molecule has 1 saturated heterocycles. The van der Waals surface area contributed by atoms with Gasteiger partial charge in [-0.1, -0.05) is 0 Å². The summed E-state index contributed by atoms with van der Waals surface area (Å²) in [6.45, 7) is 0.997. The molecule has 0 bridgehead atoms. The maximum atomic E-state index is 12.7. The van der Waals surface area contributed by atoms with Crippen molar-refractivity contribution < 1.29 is 23.1 Å². The van der Waals surface area contributed by atoms with E-state index in [1.54, 1.807) is 5.38 Å². The Bertz CT molecular complexity index is 744. The molecule has 2 aliphatic rings. The summed E-state index contributed by atoms with van der Waals surface area (Å²) >= 11 is 1.13. The van der Waals surface area contributed by atoms with E-state index in [9.17, 15) is 18.0 Å². The lowest BCUT2D eigenvalue weighted by atomic mass is 9.86. The Kier molecular flexibility index (Phi) is 5.45. The number of nitrogens with one attached hydrogen (secondary N) is 1. The van der Waals surface area contributed by atoms with Crippen molar-refractivity contribution in [2.75, 3.05) is 13.1 Å². The van der Waals surface area contributed by atoms with Crippen LogP contribution in [-0.4, -0.2) is 48.8 Å². The molecule has 2 fully saturated rings. The highest BCUT2D eigenvalue weighted by Gasteiger charge is 2.33. The fraction of sp³-hybridized carbons (Fsp3) is 0.625. The second kappa shape index (κ2) is 7.43. The van der Waals surface area contributed by atoms with Gasteiger partial charge >= 0.3 is 5.97 Å². The number of aliphatic carboxylic acids is 1. The van der Waals surface area contributed by atoms with Gasteiger partial charge in [0.2, 0.25) is 10.0 Å². The van der Waals surface area contributed by atoms with E-state index in [1.165, 1.54) is 10.4 Å². The van der Waals surface area contributed by atoms with Gasteiger partial charge in [0.1, 0.15) is 9.77 Å². The molecule has 1 saturated carbocycles. The molecule has 1 amide bonds. The van der Waals surface area contributed by atoms with Crippen molar-refractivity contribution in [2.24, 2.45) is 5.92 Å². The molecule has 2 heterocycles. The number of nitrogens with zero attached hydrogens (tertiary/aromatic N) is 1. The number of carboxylic acids is 1. The van der Waals surface area contributed by atoms with E-state index in [-0.39, 0.29) is 27.6 Å². The van der Waals surface area contributed by atoms with Gasteiger partial charge in [0.15, 0.2) is 0 Å². The number of hydrogen-bond donors (Lipinski definition) is 2. The van der Waals surface area contributed by atoms with Crippen LogP contribution in [0.15, 0.2) is 16.3 Å². The SMILES string of the molecule is O=C(NC1CCC(C(=O)O)CC1)c1sccc1S(=O)(=O)N1CCCC1. The van der Waals surface area contributed by atoms with E-state index in [1.807, 2.05) is 0 Å². The summed E-state index contributed by atoms with van der Waals surface area (Å²) in [5.41, 5.74) is 0. The normalized spacial score (nSPS) is 25.0. The minimum atomic E-state index is -3.63. The first-order valence-electron chi connectivity index (χ1n) is 8.51. The second-order valence-electron chi connectivity index (χ2n) is 6.59. The maximum absolute atomic E-state index is 12.7. The van der Waals surface area contributed by atoms with Crippen LogP contribution in [-0.2, 0) is 14.8 Å². The van der Waals surface area contributed by atoms with E-state index in [2.05, 4.69) is 5.32 Å². The van der Waals surface area contributed by atoms with Crippen LogP contribution < -0.4 is 5.32 Å². The third-order valence-corrected chi connectivity index (χ3v) is 7.91. The third kappa shape index (κ3) is 3.88. The van der Waals surface area contributed by atoms with Gasteiger partial charge in [-0.25, -0.2) is 8.42 Å². The monoisotopic (exact) mass is 386 g/mol. The molecule has 0 aromatic carbocycles. The minimum Gasteiger partial charge on any atom is -0.481 e. The molecule has 7 nitrogen and oxygen atoms in total. The molecule has 25 heavy (non-hydrogen) atoms. The summed E-state index contributed by atoms with van der Waals surface area (Å²) in [6, 6.07) is 1.39. The molecule has 1 aliphatic carbocycles. The summed E-state index contributed by atoms with van der Waals surface area (Å²) in [5, 5.41) is 13.5. The Morgan fingerprint density at radius 2 is 1.80 bits per heavy atom. The summed E-state index contributed by atoms with van der Waals surface area (Å²) in [6.07, 6.45) is 3.95. The van der Waals surface area contributed by atoms with Crippen LogP contribution in [0.2, 0.25) is 0 Å². The molecule has 0 spiro atoms. The fourth-order valence-electron chi connectivity index (χ4n) is 3.47. The summed E-state index contributed by atoms with van der Waals surface area (Å²) < 4.78 is 26.9. The first kappa shape index (κ1) is 18.3. The van der Waals surface area contributed by atoms with Gasteiger partial charge in [0, 0.05) is 19.1 Å². The Hall–Kier alpha value is -1.45. The van der Waals surface area contributed by atoms with E-state index in [0.29, 0.717) is 38.8 Å². The van der Waals surface area contributed by atoms with Crippen LogP contribution in [0.1, 0.15) is 48.2 Å². The quantitative estimate of drug-likeness (QED) is 0.804. The molecular weight excluding hydrogens is 364 g/mol. The molecule has 1 aromatic heterocycles. The zero-order chi connectivity index (χ0) is 18.0. The standard InChI is InChI=1S/C16H22N2O5S2/c19-15(17-12-5-3-11(4-6-12)16(20)21)14-13(7-10-24-14)25(22,23)18-8-1-2-9-18/h7,10-12H,1-6,8-9H2,(H,17,19)(H,20,21). The van der Waals surface area contributed by atoms with Crippen LogP contribution in [0, 0.1) is 5.92 Å². The number of thiophene rings is 1. The van der Waals surface area contributed by atoms with Crippen molar-refractivity contribution in [2.45, 2.75) is 49.5 Å². The van der Waals surface area contributed by atoms with Gasteiger partial charge in [0.25, 0.3) is 5.91 Å². The van der Waals surface area contributed by atoms with E-state index in [4.69, 9.17) is 5.11 Å². The predicted octanol–water partition coefficient (Wildman–Crippen LogP) is 1.91. The molecule has 9 heteroatoms. The highest BCUT2D eigenvalue weighted by Crippen LogP contribution is 2.29. The highest BCUT2D eigenvalue weighted by atomic mass is 32.2. The second-order valence-corrected chi connectivity index (χ2v) is 9.41. The zero-order valence-electron chi connectivity index (χ0n) is 13.8. The number of amides is 1. The molecular formula is C16H22N2O5S2. The van der Waals surface area contributed by atoms with Crippen LogP contribution >= 0.6 is 11.3 Å². The highest BCUT2D eigenvalue weighted by molar-refractivity contribution is 7.89. The lowest BCUT2D eigenvalue weighted by Gasteiger charge is -2.26. The van der Waals surface area contributed by atoms with Crippen molar-refractivity contribution in [1.29, 1.82) is 0 Å². The van der Waals surface area contributed by atoms with Gasteiger partial charge in [-0.3, -0.25) is 9.59 Å². The number of carbonyl (C=O) groups is 2. The number of hydrogen-bond acceptors (Lipinski definition) is 5. The molecule has 1 aromatic rings. The summed E-state index contributed by atoms with van der Waals surface area (Å²) in [4.78, 5) is 23.9. The van der Waals surface area contributed by atoms with E-state index >= 15 is 0 Å². The van der Waals surface area contributed by atoms with Crippen molar-refractivity contribution in [3.05, 3.63) is 16.3 Å². The Labute approximate surface area is 151 Å². The number of rotatable bonds is 5. The topological polar surface area (TPSA) is 104 Å². The first-order valence-corrected chi connectivity index (χ1v) is 10.8. The van der Waals surface area contributed by atoms with Gasteiger partial charge in [-0.15, -0.1) is 11.3 Å². The zero-order valence-corrected chi connectivity index (χ0v) is 15.4. The Morgan fingerprint density at radius 3 is 2.40 bits per heavy atom. The molecule has 3 rings (SSSR count). The van der Waals surface area contributed by atoms with Crippen LogP contribution in [0.25, 0.3) is 0 Å². The average molecular weight is 386 g/mol.